The van der Waals surface area contributed by atoms with Gasteiger partial charge in [-0.3, -0.25) is 14.9 Å². The topological polar surface area (TPSA) is 124 Å². The predicted octanol–water partition coefficient (Wildman–Crippen LogP) is 0.559. The standard InChI is InChI=1S/C21H23N3O7S/c1-23-10-2-3-18(23)21(27)22-19(25)15-31-20(26)9-6-16-4-7-17(8-5-16)32(28,29)24-11-13-30-14-12-24/h2-10H,11-15H2,1H3,(H,22,25,27)/b9-6+. The molecule has 11 heteroatoms. The molecule has 0 spiro atoms. The number of carbonyl (C=O) groups excluding carboxylic acids is 3. The molecule has 1 N–H and O–H groups in total. The minimum atomic E-state index is -3.59. The molecule has 2 aromatic rings. The Labute approximate surface area is 185 Å². The zero-order chi connectivity index (χ0) is 23.1. The number of hydrogen-bond donors (Lipinski definition) is 1. The smallest absolute Gasteiger partial charge is 0.331 e. The number of rotatable bonds is 7. The summed E-state index contributed by atoms with van der Waals surface area (Å²) in [4.78, 5) is 35.7. The van der Waals surface area contributed by atoms with Crippen molar-refractivity contribution in [2.45, 2.75) is 4.90 Å². The Hall–Kier alpha value is -3.28. The van der Waals surface area contributed by atoms with Crippen molar-refractivity contribution in [1.29, 1.82) is 0 Å². The van der Waals surface area contributed by atoms with Crippen molar-refractivity contribution >= 4 is 33.9 Å². The fraction of sp³-hybridized carbons (Fsp3) is 0.286. The Bertz CT molecular complexity index is 1110. The maximum absolute atomic E-state index is 12.6. The van der Waals surface area contributed by atoms with Gasteiger partial charge in [-0.25, -0.2) is 13.2 Å². The number of sulfonamides is 1. The molecule has 0 radical (unpaired) electrons. The van der Waals surface area contributed by atoms with Gasteiger partial charge in [-0.1, -0.05) is 12.1 Å². The first-order chi connectivity index (χ1) is 15.3. The maximum atomic E-state index is 12.6. The summed E-state index contributed by atoms with van der Waals surface area (Å²) in [5.74, 6) is -2.13. The van der Waals surface area contributed by atoms with E-state index in [2.05, 4.69) is 5.32 Å². The van der Waals surface area contributed by atoms with E-state index in [0.717, 1.165) is 6.08 Å². The average molecular weight is 461 g/mol. The number of carbonyl (C=O) groups is 3. The molecule has 1 saturated heterocycles. The molecule has 1 aromatic heterocycles. The van der Waals surface area contributed by atoms with E-state index in [0.29, 0.717) is 37.6 Å². The molecule has 1 fully saturated rings. The molecule has 3 rings (SSSR count). The summed E-state index contributed by atoms with van der Waals surface area (Å²) in [6.45, 7) is 0.720. The van der Waals surface area contributed by atoms with Gasteiger partial charge >= 0.3 is 5.97 Å². The molecule has 2 heterocycles. The van der Waals surface area contributed by atoms with Crippen LogP contribution in [-0.2, 0) is 36.1 Å². The molecule has 10 nitrogen and oxygen atoms in total. The van der Waals surface area contributed by atoms with Gasteiger partial charge in [0.1, 0.15) is 5.69 Å². The molecular weight excluding hydrogens is 438 g/mol. The van der Waals surface area contributed by atoms with Crippen molar-refractivity contribution in [3.63, 3.8) is 0 Å². The number of esters is 1. The summed E-state index contributed by atoms with van der Waals surface area (Å²) < 4.78 is 38.1. The van der Waals surface area contributed by atoms with Crippen LogP contribution in [0, 0.1) is 0 Å². The number of aromatic nitrogens is 1. The Balaban J connectivity index is 1.49. The molecule has 0 bridgehead atoms. The lowest BCUT2D eigenvalue weighted by molar-refractivity contribution is -0.143. The van der Waals surface area contributed by atoms with Gasteiger partial charge in [-0.15, -0.1) is 0 Å². The highest BCUT2D eigenvalue weighted by molar-refractivity contribution is 7.89. The lowest BCUT2D eigenvalue weighted by atomic mass is 10.2. The number of hydrogen-bond acceptors (Lipinski definition) is 7. The monoisotopic (exact) mass is 461 g/mol. The van der Waals surface area contributed by atoms with E-state index in [4.69, 9.17) is 9.47 Å². The zero-order valence-electron chi connectivity index (χ0n) is 17.4. The molecule has 0 unspecified atom stereocenters. The Kier molecular flexibility index (Phi) is 7.57. The quantitative estimate of drug-likeness (QED) is 0.472. The van der Waals surface area contributed by atoms with Crippen molar-refractivity contribution in [3.05, 3.63) is 59.9 Å². The molecule has 0 aliphatic carbocycles. The second-order valence-corrected chi connectivity index (χ2v) is 8.85. The van der Waals surface area contributed by atoms with E-state index in [1.165, 1.54) is 22.5 Å². The Morgan fingerprint density at radius 3 is 2.44 bits per heavy atom. The van der Waals surface area contributed by atoms with Crippen LogP contribution in [0.25, 0.3) is 6.08 Å². The highest BCUT2D eigenvalue weighted by Gasteiger charge is 2.26. The molecule has 1 aromatic carbocycles. The van der Waals surface area contributed by atoms with Crippen LogP contribution in [-0.4, -0.2) is 68.0 Å². The molecule has 1 aliphatic rings. The van der Waals surface area contributed by atoms with Gasteiger partial charge in [-0.05, 0) is 35.9 Å². The summed E-state index contributed by atoms with van der Waals surface area (Å²) in [6, 6.07) is 9.24. The van der Waals surface area contributed by atoms with Gasteiger partial charge in [-0.2, -0.15) is 4.31 Å². The van der Waals surface area contributed by atoms with E-state index < -0.39 is 34.4 Å². The third-order valence-electron chi connectivity index (χ3n) is 4.67. The van der Waals surface area contributed by atoms with Crippen molar-refractivity contribution in [1.82, 2.24) is 14.2 Å². The normalized spacial score (nSPS) is 14.9. The number of imide groups is 1. The molecule has 32 heavy (non-hydrogen) atoms. The number of nitrogens with one attached hydrogen (secondary N) is 1. The lowest BCUT2D eigenvalue weighted by Crippen LogP contribution is -2.40. The third-order valence-corrected chi connectivity index (χ3v) is 6.59. The van der Waals surface area contributed by atoms with Crippen LogP contribution in [0.1, 0.15) is 16.1 Å². The highest BCUT2D eigenvalue weighted by Crippen LogP contribution is 2.18. The van der Waals surface area contributed by atoms with Crippen molar-refractivity contribution in [3.8, 4) is 0 Å². The first-order valence-corrected chi connectivity index (χ1v) is 11.2. The van der Waals surface area contributed by atoms with Gasteiger partial charge in [0.05, 0.1) is 18.1 Å². The fourth-order valence-corrected chi connectivity index (χ4v) is 4.37. The number of benzene rings is 1. The van der Waals surface area contributed by atoms with Crippen LogP contribution in [0.15, 0.2) is 53.6 Å². The summed E-state index contributed by atoms with van der Waals surface area (Å²) in [6.07, 6.45) is 4.20. The number of morpholine rings is 1. The van der Waals surface area contributed by atoms with Crippen LogP contribution < -0.4 is 5.32 Å². The molecule has 1 aliphatic heterocycles. The molecule has 170 valence electrons. The molecular formula is C21H23N3O7S. The van der Waals surface area contributed by atoms with Gasteiger partial charge in [0.25, 0.3) is 11.8 Å². The summed E-state index contributed by atoms with van der Waals surface area (Å²) in [5, 5.41) is 2.13. The first-order valence-electron chi connectivity index (χ1n) is 9.75. The minimum Gasteiger partial charge on any atom is -0.452 e. The SMILES string of the molecule is Cn1cccc1C(=O)NC(=O)COC(=O)/C=C/c1ccc(S(=O)(=O)N2CCOCC2)cc1. The second kappa shape index (κ2) is 10.4. The largest absolute Gasteiger partial charge is 0.452 e. The Morgan fingerprint density at radius 1 is 1.12 bits per heavy atom. The summed E-state index contributed by atoms with van der Waals surface area (Å²) in [7, 11) is -1.93. The van der Waals surface area contributed by atoms with Gasteiger partial charge in [0.2, 0.25) is 10.0 Å². The lowest BCUT2D eigenvalue weighted by Gasteiger charge is -2.26. The van der Waals surface area contributed by atoms with Crippen molar-refractivity contribution < 1.29 is 32.3 Å². The molecule has 0 atom stereocenters. The third kappa shape index (κ3) is 5.90. The van der Waals surface area contributed by atoms with Crippen LogP contribution in [0.3, 0.4) is 0 Å². The van der Waals surface area contributed by atoms with Gasteiger partial charge < -0.3 is 14.0 Å². The second-order valence-electron chi connectivity index (χ2n) is 6.91. The van der Waals surface area contributed by atoms with Crippen LogP contribution in [0.2, 0.25) is 0 Å². The highest BCUT2D eigenvalue weighted by atomic mass is 32.2. The maximum Gasteiger partial charge on any atom is 0.331 e. The molecule has 0 saturated carbocycles. The van der Waals surface area contributed by atoms with E-state index in [1.54, 1.807) is 42.1 Å². The van der Waals surface area contributed by atoms with E-state index >= 15 is 0 Å². The van der Waals surface area contributed by atoms with Crippen molar-refractivity contribution in [2.24, 2.45) is 7.05 Å². The van der Waals surface area contributed by atoms with Gasteiger partial charge in [0.15, 0.2) is 6.61 Å². The zero-order valence-corrected chi connectivity index (χ0v) is 18.2. The average Bonchev–Trinajstić information content (AvgIpc) is 3.23. The van der Waals surface area contributed by atoms with Crippen molar-refractivity contribution in [2.75, 3.05) is 32.9 Å². The van der Waals surface area contributed by atoms with Crippen LogP contribution in [0.5, 0.6) is 0 Å². The van der Waals surface area contributed by atoms with Gasteiger partial charge in [0, 0.05) is 32.4 Å². The number of aryl methyl sites for hydroxylation is 1. The fourth-order valence-electron chi connectivity index (χ4n) is 2.96. The molecule has 2 amide bonds. The number of ether oxygens (including phenoxy) is 2. The van der Waals surface area contributed by atoms with E-state index in [-0.39, 0.29) is 4.90 Å². The first kappa shape index (κ1) is 23.4. The summed E-state index contributed by atoms with van der Waals surface area (Å²) in [5.41, 5.74) is 0.870. The van der Waals surface area contributed by atoms with E-state index in [9.17, 15) is 22.8 Å². The number of nitrogens with zero attached hydrogens (tertiary/aromatic N) is 2. The van der Waals surface area contributed by atoms with E-state index in [1.807, 2.05) is 0 Å². The Morgan fingerprint density at radius 2 is 1.81 bits per heavy atom. The number of amides is 2. The van der Waals surface area contributed by atoms with Crippen LogP contribution in [0.4, 0.5) is 0 Å². The predicted molar refractivity (Wildman–Crippen MR) is 114 cm³/mol. The summed E-state index contributed by atoms with van der Waals surface area (Å²) >= 11 is 0. The van der Waals surface area contributed by atoms with Crippen LogP contribution >= 0.6 is 0 Å². The minimum absolute atomic E-state index is 0.152.